The minimum Gasteiger partial charge on any atom is -0.507 e. The van der Waals surface area contributed by atoms with Crippen LogP contribution in [0.4, 0.5) is 4.39 Å². The van der Waals surface area contributed by atoms with Crippen molar-refractivity contribution in [2.45, 2.75) is 26.1 Å². The van der Waals surface area contributed by atoms with Crippen molar-refractivity contribution in [3.63, 3.8) is 0 Å². The van der Waals surface area contributed by atoms with Gasteiger partial charge in [-0.3, -0.25) is 4.79 Å². The summed E-state index contributed by atoms with van der Waals surface area (Å²) in [7, 11) is 0. The molecule has 3 nitrogen and oxygen atoms in total. The van der Waals surface area contributed by atoms with E-state index in [0.717, 1.165) is 0 Å². The molecule has 0 aliphatic heterocycles. The molecule has 0 saturated carbocycles. The average molecular weight is 211 g/mol. The fraction of sp³-hybridized carbons (Fsp3) is 0.364. The van der Waals surface area contributed by atoms with Gasteiger partial charge < -0.3 is 10.8 Å². The van der Waals surface area contributed by atoms with E-state index < -0.39 is 18.0 Å². The Balaban J connectivity index is 3.16. The van der Waals surface area contributed by atoms with Crippen molar-refractivity contribution in [2.24, 2.45) is 5.73 Å². The molecule has 0 amide bonds. The van der Waals surface area contributed by atoms with Crippen LogP contribution in [0.25, 0.3) is 0 Å². The normalized spacial score (nSPS) is 14.7. The zero-order valence-corrected chi connectivity index (χ0v) is 8.70. The molecular weight excluding hydrogens is 197 g/mol. The lowest BCUT2D eigenvalue weighted by Gasteiger charge is -2.09. The summed E-state index contributed by atoms with van der Waals surface area (Å²) in [5.41, 5.74) is 5.84. The van der Waals surface area contributed by atoms with E-state index in [4.69, 9.17) is 5.73 Å². The highest BCUT2D eigenvalue weighted by Gasteiger charge is 2.16. The Morgan fingerprint density at radius 1 is 1.47 bits per heavy atom. The number of hydrogen-bond acceptors (Lipinski definition) is 3. The first-order valence-corrected chi connectivity index (χ1v) is 4.70. The van der Waals surface area contributed by atoms with Gasteiger partial charge in [-0.25, -0.2) is 4.39 Å². The van der Waals surface area contributed by atoms with Crippen LogP contribution in [0.15, 0.2) is 18.2 Å². The molecule has 1 rings (SSSR count). The third kappa shape index (κ3) is 2.53. The maximum atomic E-state index is 13.0. The predicted molar refractivity (Wildman–Crippen MR) is 55.6 cm³/mol. The highest BCUT2D eigenvalue weighted by Crippen LogP contribution is 2.24. The minimum absolute atomic E-state index is 0.0759. The largest absolute Gasteiger partial charge is 0.507 e. The van der Waals surface area contributed by atoms with Gasteiger partial charge in [-0.05, 0) is 31.5 Å². The van der Waals surface area contributed by atoms with E-state index in [2.05, 4.69) is 0 Å². The van der Waals surface area contributed by atoms with E-state index >= 15 is 0 Å². The third-order valence-electron chi connectivity index (χ3n) is 2.16. The highest BCUT2D eigenvalue weighted by atomic mass is 19.1. The van der Waals surface area contributed by atoms with Crippen molar-refractivity contribution in [1.82, 2.24) is 0 Å². The lowest BCUT2D eigenvalue weighted by atomic mass is 10.0. The van der Waals surface area contributed by atoms with Crippen LogP contribution in [0.5, 0.6) is 5.75 Å². The molecular formula is C11H14FNO2. The van der Waals surface area contributed by atoms with E-state index in [9.17, 15) is 14.3 Å². The van der Waals surface area contributed by atoms with Crippen LogP contribution in [0.2, 0.25) is 0 Å². The first-order chi connectivity index (χ1) is 6.93. The van der Waals surface area contributed by atoms with Crippen LogP contribution in [0, 0.1) is 0 Å². The van der Waals surface area contributed by atoms with Gasteiger partial charge in [0, 0.05) is 0 Å². The summed E-state index contributed by atoms with van der Waals surface area (Å²) < 4.78 is 13.0. The highest BCUT2D eigenvalue weighted by molar-refractivity contribution is 6.02. The first kappa shape index (κ1) is 11.7. The quantitative estimate of drug-likeness (QED) is 0.751. The van der Waals surface area contributed by atoms with E-state index in [-0.39, 0.29) is 11.3 Å². The topological polar surface area (TPSA) is 63.3 Å². The number of rotatable bonds is 3. The zero-order chi connectivity index (χ0) is 11.6. The third-order valence-corrected chi connectivity index (χ3v) is 2.16. The maximum Gasteiger partial charge on any atom is 0.182 e. The number of halogens is 1. The number of aromatic hydroxyl groups is 1. The van der Waals surface area contributed by atoms with Crippen molar-refractivity contribution in [3.8, 4) is 5.75 Å². The Labute approximate surface area is 87.7 Å². The summed E-state index contributed by atoms with van der Waals surface area (Å²) in [4.78, 5) is 11.5. The van der Waals surface area contributed by atoms with E-state index in [0.29, 0.717) is 5.56 Å². The molecule has 0 radical (unpaired) electrons. The smallest absolute Gasteiger partial charge is 0.182 e. The van der Waals surface area contributed by atoms with Crippen molar-refractivity contribution in [3.05, 3.63) is 29.3 Å². The van der Waals surface area contributed by atoms with Crippen molar-refractivity contribution < 1.29 is 14.3 Å². The summed E-state index contributed by atoms with van der Waals surface area (Å²) in [6.07, 6.45) is -1.18. The van der Waals surface area contributed by atoms with Gasteiger partial charge in [0.1, 0.15) is 11.9 Å². The molecule has 2 atom stereocenters. The molecule has 0 saturated heterocycles. The van der Waals surface area contributed by atoms with Gasteiger partial charge in [-0.2, -0.15) is 0 Å². The fourth-order valence-corrected chi connectivity index (χ4v) is 1.24. The monoisotopic (exact) mass is 211 g/mol. The van der Waals surface area contributed by atoms with Crippen LogP contribution in [0.1, 0.15) is 35.9 Å². The van der Waals surface area contributed by atoms with Crippen LogP contribution in [0.3, 0.4) is 0 Å². The number of phenolic OH excluding ortho intramolecular Hbond substituents is 1. The zero-order valence-electron chi connectivity index (χ0n) is 8.70. The maximum absolute atomic E-state index is 13.0. The summed E-state index contributed by atoms with van der Waals surface area (Å²) in [6, 6.07) is 3.38. The van der Waals surface area contributed by atoms with Crippen molar-refractivity contribution in [2.75, 3.05) is 0 Å². The molecule has 4 heteroatoms. The second-order valence-corrected chi connectivity index (χ2v) is 3.55. The molecule has 1 aromatic carbocycles. The Morgan fingerprint density at radius 3 is 2.53 bits per heavy atom. The summed E-state index contributed by atoms with van der Waals surface area (Å²) in [5.74, 6) is -0.559. The molecule has 15 heavy (non-hydrogen) atoms. The number of ketones is 1. The first-order valence-electron chi connectivity index (χ1n) is 4.70. The van der Waals surface area contributed by atoms with Gasteiger partial charge in [-0.15, -0.1) is 0 Å². The second kappa shape index (κ2) is 4.40. The minimum atomic E-state index is -1.18. The Hall–Kier alpha value is -1.42. The molecule has 0 aromatic heterocycles. The molecule has 0 aliphatic rings. The van der Waals surface area contributed by atoms with Crippen LogP contribution in [-0.4, -0.2) is 16.9 Å². The van der Waals surface area contributed by atoms with E-state index in [1.54, 1.807) is 0 Å². The number of benzene rings is 1. The number of carbonyl (C=O) groups is 1. The molecule has 82 valence electrons. The fourth-order valence-electron chi connectivity index (χ4n) is 1.24. The number of hydrogen-bond donors (Lipinski definition) is 2. The van der Waals surface area contributed by atoms with Gasteiger partial charge >= 0.3 is 0 Å². The Morgan fingerprint density at radius 2 is 2.07 bits per heavy atom. The summed E-state index contributed by atoms with van der Waals surface area (Å²) in [5, 5.41) is 9.44. The van der Waals surface area contributed by atoms with E-state index in [1.165, 1.54) is 32.0 Å². The summed E-state index contributed by atoms with van der Waals surface area (Å²) >= 11 is 0. The number of Topliss-reactive ketones (excluding diaryl/α,β-unsaturated/α-hetero) is 1. The molecule has 0 aliphatic carbocycles. The van der Waals surface area contributed by atoms with Gasteiger partial charge in [0.2, 0.25) is 0 Å². The average Bonchev–Trinajstić information content (AvgIpc) is 2.16. The predicted octanol–water partition coefficient (Wildman–Crippen LogP) is 1.95. The molecule has 1 aromatic rings. The lowest BCUT2D eigenvalue weighted by molar-refractivity contribution is 0.0965. The van der Waals surface area contributed by atoms with Gasteiger partial charge in [0.05, 0.1) is 11.6 Å². The summed E-state index contributed by atoms with van der Waals surface area (Å²) in [6.45, 7) is 2.89. The molecule has 0 heterocycles. The Bertz CT molecular complexity index is 375. The number of carbonyl (C=O) groups excluding carboxylic acids is 1. The van der Waals surface area contributed by atoms with Crippen molar-refractivity contribution in [1.29, 1.82) is 0 Å². The number of phenols is 1. The van der Waals surface area contributed by atoms with Gasteiger partial charge in [0.15, 0.2) is 5.78 Å². The standard InChI is InChI=1S/C11H14FNO2/c1-6(12)8-3-4-10(14)9(5-8)11(15)7(2)13/h3-7,14H,13H2,1-2H3. The van der Waals surface area contributed by atoms with Crippen molar-refractivity contribution >= 4 is 5.78 Å². The molecule has 0 fully saturated rings. The van der Waals surface area contributed by atoms with Crippen LogP contribution >= 0.6 is 0 Å². The molecule has 0 bridgehead atoms. The van der Waals surface area contributed by atoms with Gasteiger partial charge in [0.25, 0.3) is 0 Å². The second-order valence-electron chi connectivity index (χ2n) is 3.55. The van der Waals surface area contributed by atoms with Crippen LogP contribution < -0.4 is 5.73 Å². The lowest BCUT2D eigenvalue weighted by Crippen LogP contribution is -2.26. The SMILES string of the molecule is CC(N)C(=O)c1cc(C(C)F)ccc1O. The molecule has 2 unspecified atom stereocenters. The van der Waals surface area contributed by atoms with Gasteiger partial charge in [-0.1, -0.05) is 6.07 Å². The van der Waals surface area contributed by atoms with E-state index in [1.807, 2.05) is 0 Å². The number of alkyl halides is 1. The molecule has 3 N–H and O–H groups in total. The molecule has 0 spiro atoms. The Kier molecular flexibility index (Phi) is 3.42. The van der Waals surface area contributed by atoms with Crippen LogP contribution in [-0.2, 0) is 0 Å². The number of nitrogens with two attached hydrogens (primary N) is 1.